The Labute approximate surface area is 149 Å². The summed E-state index contributed by atoms with van der Waals surface area (Å²) in [6, 6.07) is 5.78. The largest absolute Gasteiger partial charge is 0.494 e. The van der Waals surface area contributed by atoms with Crippen LogP contribution in [-0.2, 0) is 19.6 Å². The molecule has 0 radical (unpaired) electrons. The van der Waals surface area contributed by atoms with Gasteiger partial charge in [-0.25, -0.2) is 8.42 Å². The Bertz CT molecular complexity index is 669. The van der Waals surface area contributed by atoms with Gasteiger partial charge in [0.2, 0.25) is 15.9 Å². The molecule has 1 heterocycles. The molecule has 2 atom stereocenters. The van der Waals surface area contributed by atoms with Crippen LogP contribution in [0.4, 0.5) is 5.69 Å². The molecule has 1 saturated heterocycles. The summed E-state index contributed by atoms with van der Waals surface area (Å²) in [5.74, 6) is 0.296. The highest BCUT2D eigenvalue weighted by molar-refractivity contribution is 7.92. The lowest BCUT2D eigenvalue weighted by Gasteiger charge is -2.28. The van der Waals surface area contributed by atoms with Crippen LogP contribution in [-0.4, -0.2) is 52.5 Å². The zero-order valence-corrected chi connectivity index (χ0v) is 15.7. The van der Waals surface area contributed by atoms with E-state index in [0.717, 1.165) is 23.4 Å². The number of carbonyl (C=O) groups is 1. The number of hydrogen-bond acceptors (Lipinski definition) is 5. The molecule has 25 heavy (non-hydrogen) atoms. The van der Waals surface area contributed by atoms with Crippen molar-refractivity contribution in [3.05, 3.63) is 24.3 Å². The fourth-order valence-corrected chi connectivity index (χ4v) is 4.01. The first-order valence-corrected chi connectivity index (χ1v) is 10.3. The summed E-state index contributed by atoms with van der Waals surface area (Å²) in [6.07, 6.45) is 2.99. The van der Waals surface area contributed by atoms with E-state index < -0.39 is 16.1 Å². The third-order valence-electron chi connectivity index (χ3n) is 4.02. The van der Waals surface area contributed by atoms with Gasteiger partial charge in [0.05, 0.1) is 24.7 Å². The Kier molecular flexibility index (Phi) is 6.66. The first kappa shape index (κ1) is 19.5. The van der Waals surface area contributed by atoms with Crippen LogP contribution >= 0.6 is 0 Å². The minimum absolute atomic E-state index is 0.00769. The van der Waals surface area contributed by atoms with Crippen molar-refractivity contribution in [1.29, 1.82) is 0 Å². The van der Waals surface area contributed by atoms with Crippen molar-refractivity contribution in [2.45, 2.75) is 38.8 Å². The number of nitrogens with one attached hydrogen (secondary N) is 1. The molecular formula is C17H26N2O5S. The van der Waals surface area contributed by atoms with Gasteiger partial charge in [0.1, 0.15) is 11.8 Å². The molecule has 0 saturated carbocycles. The maximum Gasteiger partial charge on any atom is 0.243 e. The minimum Gasteiger partial charge on any atom is -0.494 e. The van der Waals surface area contributed by atoms with Gasteiger partial charge in [0, 0.05) is 13.2 Å². The molecule has 2 unspecified atom stereocenters. The van der Waals surface area contributed by atoms with Crippen LogP contribution in [0.3, 0.4) is 0 Å². The van der Waals surface area contributed by atoms with Crippen LogP contribution in [0.5, 0.6) is 5.75 Å². The second kappa shape index (κ2) is 8.53. The molecular weight excluding hydrogens is 344 g/mol. The number of carbonyl (C=O) groups excluding carboxylic acids is 1. The molecule has 1 aromatic rings. The van der Waals surface area contributed by atoms with Gasteiger partial charge in [-0.3, -0.25) is 9.10 Å². The molecule has 0 aromatic heterocycles. The van der Waals surface area contributed by atoms with Crippen LogP contribution in [0.1, 0.15) is 26.7 Å². The molecule has 2 rings (SSSR count). The molecule has 7 nitrogen and oxygen atoms in total. The van der Waals surface area contributed by atoms with Crippen molar-refractivity contribution in [2.75, 3.05) is 30.3 Å². The van der Waals surface area contributed by atoms with E-state index in [1.807, 2.05) is 6.92 Å². The van der Waals surface area contributed by atoms with Crippen LogP contribution in [0.2, 0.25) is 0 Å². The Morgan fingerprint density at radius 1 is 1.40 bits per heavy atom. The summed E-state index contributed by atoms with van der Waals surface area (Å²) in [5.41, 5.74) is 0.422. The van der Waals surface area contributed by atoms with Gasteiger partial charge in [-0.1, -0.05) is 0 Å². The van der Waals surface area contributed by atoms with E-state index in [2.05, 4.69) is 5.32 Å². The van der Waals surface area contributed by atoms with Crippen molar-refractivity contribution in [1.82, 2.24) is 5.32 Å². The number of nitrogens with zero attached hydrogens (tertiary/aromatic N) is 1. The topological polar surface area (TPSA) is 84.9 Å². The van der Waals surface area contributed by atoms with Crippen molar-refractivity contribution < 1.29 is 22.7 Å². The molecule has 1 N–H and O–H groups in total. The number of hydrogen-bond donors (Lipinski definition) is 1. The quantitative estimate of drug-likeness (QED) is 0.750. The SMILES string of the molecule is CCOc1ccc(N(C(C)C(=O)NCC2CCCO2)S(C)(=O)=O)cc1. The van der Waals surface area contributed by atoms with E-state index in [9.17, 15) is 13.2 Å². The predicted molar refractivity (Wildman–Crippen MR) is 96.4 cm³/mol. The Hall–Kier alpha value is -1.80. The zero-order chi connectivity index (χ0) is 18.4. The smallest absolute Gasteiger partial charge is 0.243 e. The fraction of sp³-hybridized carbons (Fsp3) is 0.588. The van der Waals surface area contributed by atoms with Gasteiger partial charge in [-0.15, -0.1) is 0 Å². The molecule has 0 bridgehead atoms. The van der Waals surface area contributed by atoms with E-state index in [4.69, 9.17) is 9.47 Å². The molecule has 1 fully saturated rings. The number of benzene rings is 1. The maximum atomic E-state index is 12.4. The summed E-state index contributed by atoms with van der Waals surface area (Å²) in [4.78, 5) is 12.4. The third kappa shape index (κ3) is 5.34. The average Bonchev–Trinajstić information content (AvgIpc) is 3.07. The molecule has 1 aromatic carbocycles. The van der Waals surface area contributed by atoms with E-state index in [1.54, 1.807) is 31.2 Å². The lowest BCUT2D eigenvalue weighted by atomic mass is 10.2. The van der Waals surface area contributed by atoms with Gasteiger partial charge in [0.25, 0.3) is 0 Å². The molecule has 8 heteroatoms. The van der Waals surface area contributed by atoms with Gasteiger partial charge in [-0.2, -0.15) is 0 Å². The lowest BCUT2D eigenvalue weighted by Crippen LogP contribution is -2.49. The molecule has 1 aliphatic heterocycles. The van der Waals surface area contributed by atoms with Crippen LogP contribution in [0, 0.1) is 0 Å². The Morgan fingerprint density at radius 2 is 2.08 bits per heavy atom. The summed E-state index contributed by atoms with van der Waals surface area (Å²) >= 11 is 0. The highest BCUT2D eigenvalue weighted by atomic mass is 32.2. The minimum atomic E-state index is -3.62. The summed E-state index contributed by atoms with van der Waals surface area (Å²) in [7, 11) is -3.62. The van der Waals surface area contributed by atoms with Gasteiger partial charge in [0.15, 0.2) is 0 Å². The van der Waals surface area contributed by atoms with Gasteiger partial charge in [-0.05, 0) is 51.0 Å². The predicted octanol–water partition coefficient (Wildman–Crippen LogP) is 1.53. The molecule has 1 amide bonds. The number of amides is 1. The summed E-state index contributed by atoms with van der Waals surface area (Å²) in [5, 5.41) is 2.78. The van der Waals surface area contributed by atoms with Crippen molar-refractivity contribution >= 4 is 21.6 Å². The van der Waals surface area contributed by atoms with Crippen LogP contribution < -0.4 is 14.4 Å². The van der Waals surface area contributed by atoms with Gasteiger partial charge < -0.3 is 14.8 Å². The van der Waals surface area contributed by atoms with E-state index in [0.29, 0.717) is 31.2 Å². The highest BCUT2D eigenvalue weighted by Crippen LogP contribution is 2.24. The molecule has 0 spiro atoms. The van der Waals surface area contributed by atoms with E-state index in [1.165, 1.54) is 0 Å². The van der Waals surface area contributed by atoms with Crippen molar-refractivity contribution in [2.24, 2.45) is 0 Å². The van der Waals surface area contributed by atoms with Gasteiger partial charge >= 0.3 is 0 Å². The third-order valence-corrected chi connectivity index (χ3v) is 5.26. The van der Waals surface area contributed by atoms with E-state index >= 15 is 0 Å². The van der Waals surface area contributed by atoms with Crippen LogP contribution in [0.15, 0.2) is 24.3 Å². The monoisotopic (exact) mass is 370 g/mol. The second-order valence-electron chi connectivity index (χ2n) is 6.04. The summed E-state index contributed by atoms with van der Waals surface area (Å²) in [6.45, 7) is 5.07. The maximum absolute atomic E-state index is 12.4. The normalized spacial score (nSPS) is 18.6. The fourth-order valence-electron chi connectivity index (χ4n) is 2.83. The van der Waals surface area contributed by atoms with Crippen molar-refractivity contribution in [3.63, 3.8) is 0 Å². The lowest BCUT2D eigenvalue weighted by molar-refractivity contribution is -0.122. The first-order valence-electron chi connectivity index (χ1n) is 8.44. The van der Waals surface area contributed by atoms with Crippen molar-refractivity contribution in [3.8, 4) is 5.75 Å². The van der Waals surface area contributed by atoms with Crippen LogP contribution in [0.25, 0.3) is 0 Å². The Morgan fingerprint density at radius 3 is 2.60 bits per heavy atom. The number of ether oxygens (including phenoxy) is 2. The highest BCUT2D eigenvalue weighted by Gasteiger charge is 2.29. The van der Waals surface area contributed by atoms with E-state index in [-0.39, 0.29) is 12.0 Å². The molecule has 1 aliphatic rings. The average molecular weight is 370 g/mol. The zero-order valence-electron chi connectivity index (χ0n) is 14.9. The first-order chi connectivity index (χ1) is 11.8. The number of anilines is 1. The number of sulfonamides is 1. The standard InChI is InChI=1S/C17H26N2O5S/c1-4-23-15-9-7-14(8-10-15)19(25(3,21)22)13(2)17(20)18-12-16-6-5-11-24-16/h7-10,13,16H,4-6,11-12H2,1-3H3,(H,18,20). The Balaban J connectivity index is 2.11. The number of rotatable bonds is 8. The molecule has 140 valence electrons. The molecule has 0 aliphatic carbocycles. The summed E-state index contributed by atoms with van der Waals surface area (Å²) < 4.78 is 36.4. The second-order valence-corrected chi connectivity index (χ2v) is 7.90.